The van der Waals surface area contributed by atoms with Gasteiger partial charge in [0.15, 0.2) is 11.6 Å². The Labute approximate surface area is 100 Å². The summed E-state index contributed by atoms with van der Waals surface area (Å²) < 4.78 is 18.6. The summed E-state index contributed by atoms with van der Waals surface area (Å²) in [6.07, 6.45) is 0. The van der Waals surface area contributed by atoms with Gasteiger partial charge in [-0.25, -0.2) is 4.39 Å². The molecule has 1 aromatic carbocycles. The van der Waals surface area contributed by atoms with Crippen molar-refractivity contribution < 1.29 is 13.9 Å². The molecule has 5 heteroatoms. The predicted octanol–water partition coefficient (Wildman–Crippen LogP) is 1.66. The molecule has 0 heterocycles. The Kier molecular flexibility index (Phi) is 4.75. The van der Waals surface area contributed by atoms with Crippen LogP contribution in [0.4, 0.5) is 10.1 Å². The molecule has 0 unspecified atom stereocenters. The van der Waals surface area contributed by atoms with Crippen LogP contribution in [-0.4, -0.2) is 30.5 Å². The Morgan fingerprint density at radius 1 is 1.53 bits per heavy atom. The van der Waals surface area contributed by atoms with Gasteiger partial charge >= 0.3 is 0 Å². The van der Waals surface area contributed by atoms with E-state index in [-0.39, 0.29) is 18.3 Å². The maximum Gasteiger partial charge on any atom is 0.219 e. The predicted molar refractivity (Wildman–Crippen MR) is 64.2 cm³/mol. The van der Waals surface area contributed by atoms with Crippen molar-refractivity contribution in [3.8, 4) is 5.75 Å². The lowest BCUT2D eigenvalue weighted by Crippen LogP contribution is -2.32. The second kappa shape index (κ2) is 6.08. The second-order valence-corrected chi connectivity index (χ2v) is 3.64. The Morgan fingerprint density at radius 2 is 2.24 bits per heavy atom. The molecule has 17 heavy (non-hydrogen) atoms. The van der Waals surface area contributed by atoms with E-state index in [0.717, 1.165) is 0 Å². The van der Waals surface area contributed by atoms with E-state index in [1.165, 1.54) is 19.1 Å². The number of halogens is 1. The number of likely N-dealkylation sites (N-methyl/N-ethyl adjacent to an activating group) is 1. The molecule has 0 atom stereocenters. The summed E-state index contributed by atoms with van der Waals surface area (Å²) in [5, 5.41) is 0. The van der Waals surface area contributed by atoms with E-state index < -0.39 is 5.82 Å². The molecule has 0 aliphatic rings. The summed E-state index contributed by atoms with van der Waals surface area (Å²) in [6.45, 7) is 4.69. The normalized spacial score (nSPS) is 10.1. The van der Waals surface area contributed by atoms with Crippen LogP contribution in [0.3, 0.4) is 0 Å². The van der Waals surface area contributed by atoms with Crippen molar-refractivity contribution in [3.05, 3.63) is 24.0 Å². The average molecular weight is 240 g/mol. The molecule has 0 spiro atoms. The monoisotopic (exact) mass is 240 g/mol. The van der Waals surface area contributed by atoms with Crippen LogP contribution >= 0.6 is 0 Å². The zero-order chi connectivity index (χ0) is 12.8. The second-order valence-electron chi connectivity index (χ2n) is 3.64. The van der Waals surface area contributed by atoms with Crippen LogP contribution in [0.2, 0.25) is 0 Å². The summed E-state index contributed by atoms with van der Waals surface area (Å²) in [4.78, 5) is 12.7. The SMILES string of the molecule is CCN(CCOc1ccc(N)cc1F)C(C)=O. The number of carbonyl (C=O) groups is 1. The fourth-order valence-electron chi connectivity index (χ4n) is 1.44. The Bertz CT molecular complexity index is 396. The van der Waals surface area contributed by atoms with E-state index >= 15 is 0 Å². The Hall–Kier alpha value is -1.78. The summed E-state index contributed by atoms with van der Waals surface area (Å²) in [7, 11) is 0. The van der Waals surface area contributed by atoms with Gasteiger partial charge in [0, 0.05) is 25.2 Å². The number of nitrogens with two attached hydrogens (primary N) is 1. The van der Waals surface area contributed by atoms with Crippen LogP contribution in [0.5, 0.6) is 5.75 Å². The van der Waals surface area contributed by atoms with Gasteiger partial charge in [0.05, 0.1) is 6.54 Å². The van der Waals surface area contributed by atoms with Crippen LogP contribution in [0.1, 0.15) is 13.8 Å². The number of anilines is 1. The van der Waals surface area contributed by atoms with Crippen LogP contribution < -0.4 is 10.5 Å². The molecule has 94 valence electrons. The molecular formula is C12H17FN2O2. The summed E-state index contributed by atoms with van der Waals surface area (Å²) >= 11 is 0. The van der Waals surface area contributed by atoms with E-state index in [1.54, 1.807) is 11.0 Å². The number of amides is 1. The molecule has 0 bridgehead atoms. The van der Waals surface area contributed by atoms with Gasteiger partial charge in [-0.3, -0.25) is 4.79 Å². The van der Waals surface area contributed by atoms with Crippen molar-refractivity contribution >= 4 is 11.6 Å². The molecule has 2 N–H and O–H groups in total. The van der Waals surface area contributed by atoms with Crippen molar-refractivity contribution in [3.63, 3.8) is 0 Å². The number of nitrogens with zero attached hydrogens (tertiary/aromatic N) is 1. The largest absolute Gasteiger partial charge is 0.489 e. The molecule has 1 amide bonds. The number of benzene rings is 1. The molecule has 0 aromatic heterocycles. The first-order valence-electron chi connectivity index (χ1n) is 5.48. The minimum Gasteiger partial charge on any atom is -0.489 e. The molecule has 0 saturated carbocycles. The topological polar surface area (TPSA) is 55.6 Å². The molecule has 1 aromatic rings. The van der Waals surface area contributed by atoms with Gasteiger partial charge < -0.3 is 15.4 Å². The first kappa shape index (κ1) is 13.3. The van der Waals surface area contributed by atoms with Gasteiger partial charge in [-0.2, -0.15) is 0 Å². The smallest absolute Gasteiger partial charge is 0.219 e. The quantitative estimate of drug-likeness (QED) is 0.796. The summed E-state index contributed by atoms with van der Waals surface area (Å²) in [6, 6.07) is 4.26. The fourth-order valence-corrected chi connectivity index (χ4v) is 1.44. The molecule has 0 saturated heterocycles. The first-order valence-corrected chi connectivity index (χ1v) is 5.48. The summed E-state index contributed by atoms with van der Waals surface area (Å²) in [5.74, 6) is -0.358. The van der Waals surface area contributed by atoms with Gasteiger partial charge in [0.2, 0.25) is 5.91 Å². The van der Waals surface area contributed by atoms with Crippen molar-refractivity contribution in [2.24, 2.45) is 0 Å². The highest BCUT2D eigenvalue weighted by atomic mass is 19.1. The highest BCUT2D eigenvalue weighted by molar-refractivity contribution is 5.73. The van der Waals surface area contributed by atoms with E-state index in [2.05, 4.69) is 0 Å². The van der Waals surface area contributed by atoms with Gasteiger partial charge in [-0.05, 0) is 19.1 Å². The average Bonchev–Trinajstić information content (AvgIpc) is 2.26. The lowest BCUT2D eigenvalue weighted by molar-refractivity contribution is -0.129. The van der Waals surface area contributed by atoms with Gasteiger partial charge in [-0.15, -0.1) is 0 Å². The minimum absolute atomic E-state index is 0.0196. The van der Waals surface area contributed by atoms with Gasteiger partial charge in [-0.1, -0.05) is 0 Å². The highest BCUT2D eigenvalue weighted by Gasteiger charge is 2.07. The number of hydrogen-bond donors (Lipinski definition) is 1. The van der Waals surface area contributed by atoms with Crippen LogP contribution in [-0.2, 0) is 4.79 Å². The molecule has 0 aliphatic carbocycles. The molecule has 0 radical (unpaired) electrons. The van der Waals surface area contributed by atoms with Crippen molar-refractivity contribution in [2.45, 2.75) is 13.8 Å². The van der Waals surface area contributed by atoms with Crippen LogP contribution in [0, 0.1) is 5.82 Å². The van der Waals surface area contributed by atoms with Crippen molar-refractivity contribution in [1.82, 2.24) is 4.90 Å². The third-order valence-corrected chi connectivity index (χ3v) is 2.40. The van der Waals surface area contributed by atoms with Crippen molar-refractivity contribution in [1.29, 1.82) is 0 Å². The van der Waals surface area contributed by atoms with Gasteiger partial charge in [0.1, 0.15) is 6.61 Å². The molecule has 0 fully saturated rings. The maximum atomic E-state index is 13.3. The van der Waals surface area contributed by atoms with Crippen LogP contribution in [0.25, 0.3) is 0 Å². The molecule has 4 nitrogen and oxygen atoms in total. The number of rotatable bonds is 5. The number of carbonyl (C=O) groups excluding carboxylic acids is 1. The highest BCUT2D eigenvalue weighted by Crippen LogP contribution is 2.19. The molecular weight excluding hydrogens is 223 g/mol. The third-order valence-electron chi connectivity index (χ3n) is 2.40. The molecule has 0 aliphatic heterocycles. The van der Waals surface area contributed by atoms with Crippen molar-refractivity contribution in [2.75, 3.05) is 25.4 Å². The minimum atomic E-state index is -0.490. The van der Waals surface area contributed by atoms with E-state index in [4.69, 9.17) is 10.5 Å². The first-order chi connectivity index (χ1) is 8.04. The lowest BCUT2D eigenvalue weighted by Gasteiger charge is -2.19. The maximum absolute atomic E-state index is 13.3. The number of nitrogen functional groups attached to an aromatic ring is 1. The Morgan fingerprint density at radius 3 is 2.76 bits per heavy atom. The zero-order valence-electron chi connectivity index (χ0n) is 10.1. The number of ether oxygens (including phenoxy) is 1. The number of hydrogen-bond acceptors (Lipinski definition) is 3. The fraction of sp³-hybridized carbons (Fsp3) is 0.417. The van der Waals surface area contributed by atoms with E-state index in [9.17, 15) is 9.18 Å². The van der Waals surface area contributed by atoms with Crippen LogP contribution in [0.15, 0.2) is 18.2 Å². The van der Waals surface area contributed by atoms with E-state index in [1.807, 2.05) is 6.92 Å². The standard InChI is InChI=1S/C12H17FN2O2/c1-3-15(9(2)16)6-7-17-12-5-4-10(14)8-11(12)13/h4-5,8H,3,6-7,14H2,1-2H3. The lowest BCUT2D eigenvalue weighted by atomic mass is 10.3. The molecule has 1 rings (SSSR count). The third kappa shape index (κ3) is 3.94. The Balaban J connectivity index is 2.48. The van der Waals surface area contributed by atoms with Gasteiger partial charge in [0.25, 0.3) is 0 Å². The van der Waals surface area contributed by atoms with E-state index in [0.29, 0.717) is 18.8 Å². The zero-order valence-corrected chi connectivity index (χ0v) is 10.1. The summed E-state index contributed by atoms with van der Waals surface area (Å²) in [5.41, 5.74) is 5.77.